The van der Waals surface area contributed by atoms with Gasteiger partial charge in [0.2, 0.25) is 5.78 Å². The first kappa shape index (κ1) is 27.7. The van der Waals surface area contributed by atoms with Crippen LogP contribution >= 0.6 is 0 Å². The van der Waals surface area contributed by atoms with Gasteiger partial charge in [0.1, 0.15) is 30.5 Å². The largest absolute Gasteiger partial charge is 0.485 e. The van der Waals surface area contributed by atoms with Crippen LogP contribution in [-0.4, -0.2) is 52.8 Å². The van der Waals surface area contributed by atoms with Crippen molar-refractivity contribution in [3.05, 3.63) is 89.5 Å². The fourth-order valence-electron chi connectivity index (χ4n) is 4.82. The highest BCUT2D eigenvalue weighted by molar-refractivity contribution is 6.13. The molecule has 10 nitrogen and oxygen atoms in total. The number of ether oxygens (including phenoxy) is 3. The molecule has 1 aliphatic heterocycles. The third-order valence-corrected chi connectivity index (χ3v) is 6.87. The fourth-order valence-corrected chi connectivity index (χ4v) is 4.82. The monoisotopic (exact) mass is 591 g/mol. The maximum Gasteiger partial charge on any atom is 0.414 e. The summed E-state index contributed by atoms with van der Waals surface area (Å²) in [7, 11) is 0. The van der Waals surface area contributed by atoms with Gasteiger partial charge in [0.15, 0.2) is 11.6 Å². The van der Waals surface area contributed by atoms with Crippen molar-refractivity contribution in [2.45, 2.75) is 13.3 Å². The van der Waals surface area contributed by atoms with Gasteiger partial charge in [-0.1, -0.05) is 12.1 Å². The molecule has 0 radical (unpaired) electrons. The summed E-state index contributed by atoms with van der Waals surface area (Å²) in [6.07, 6.45) is -2.02. The Bertz CT molecular complexity index is 1870. The van der Waals surface area contributed by atoms with Crippen LogP contribution in [0.1, 0.15) is 21.6 Å². The van der Waals surface area contributed by atoms with Gasteiger partial charge in [0, 0.05) is 10.9 Å². The number of carbonyl (C=O) groups excluding carboxylic acids is 2. The predicted molar refractivity (Wildman–Crippen MR) is 151 cm³/mol. The number of rotatable bonds is 9. The zero-order valence-electron chi connectivity index (χ0n) is 22.6. The van der Waals surface area contributed by atoms with Crippen molar-refractivity contribution >= 4 is 34.3 Å². The number of cyclic esters (lactones) is 1. The topological polar surface area (TPSA) is 125 Å². The Labute approximate surface area is 242 Å². The van der Waals surface area contributed by atoms with E-state index in [1.165, 1.54) is 40.0 Å². The maximum atomic E-state index is 14.0. The Balaban J connectivity index is 1.29. The molecule has 0 unspecified atom stereocenters. The Hall–Kier alpha value is -5.46. The van der Waals surface area contributed by atoms with Crippen molar-refractivity contribution in [3.8, 4) is 22.9 Å². The quantitative estimate of drug-likeness (QED) is 0.201. The highest BCUT2D eigenvalue weighted by Crippen LogP contribution is 2.36. The van der Waals surface area contributed by atoms with Crippen LogP contribution in [0.4, 0.5) is 29.5 Å². The lowest BCUT2D eigenvalue weighted by Gasteiger charge is -2.18. The number of aromatic nitrogens is 3. The molecule has 0 saturated carbocycles. The van der Waals surface area contributed by atoms with Crippen molar-refractivity contribution in [3.63, 3.8) is 0 Å². The van der Waals surface area contributed by atoms with Crippen LogP contribution in [0.3, 0.4) is 0 Å². The van der Waals surface area contributed by atoms with E-state index >= 15 is 0 Å². The van der Waals surface area contributed by atoms with E-state index in [1.54, 1.807) is 43.3 Å². The van der Waals surface area contributed by atoms with Gasteiger partial charge in [0.05, 0.1) is 35.4 Å². The molecule has 0 aliphatic carbocycles. The number of anilines is 2. The first-order valence-corrected chi connectivity index (χ1v) is 13.1. The van der Waals surface area contributed by atoms with Crippen molar-refractivity contribution in [2.24, 2.45) is 0 Å². The summed E-state index contributed by atoms with van der Waals surface area (Å²) in [6, 6.07) is 15.6. The molecule has 3 heterocycles. The molecule has 1 amide bonds. The number of aryl methyl sites for hydroxylation is 1. The molecule has 220 valence electrons. The van der Waals surface area contributed by atoms with E-state index in [1.807, 2.05) is 0 Å². The van der Waals surface area contributed by atoms with E-state index in [4.69, 9.17) is 19.9 Å². The maximum absolute atomic E-state index is 14.0. The third-order valence-electron chi connectivity index (χ3n) is 6.87. The summed E-state index contributed by atoms with van der Waals surface area (Å²) in [4.78, 5) is 30.0. The van der Waals surface area contributed by atoms with Crippen LogP contribution in [0, 0.1) is 12.7 Å². The molecule has 13 heteroatoms. The summed E-state index contributed by atoms with van der Waals surface area (Å²) in [5.41, 5.74) is 8.64. The number of nitrogens with zero attached hydrogens (tertiary/aromatic N) is 3. The van der Waals surface area contributed by atoms with E-state index in [0.29, 0.717) is 27.9 Å². The number of alkyl halides is 2. The van der Waals surface area contributed by atoms with E-state index in [2.05, 4.69) is 10.1 Å². The summed E-state index contributed by atoms with van der Waals surface area (Å²) in [5.74, 6) is -0.336. The van der Waals surface area contributed by atoms with E-state index in [-0.39, 0.29) is 47.4 Å². The molecule has 3 aromatic carbocycles. The number of fused-ring (bicyclic) bond motifs is 1. The first-order chi connectivity index (χ1) is 20.7. The highest BCUT2D eigenvalue weighted by Gasteiger charge is 2.28. The lowest BCUT2D eigenvalue weighted by atomic mass is 10.1. The number of nitrogen functional groups attached to an aromatic ring is 1. The third kappa shape index (κ3) is 5.32. The normalized spacial score (nSPS) is 13.1. The number of ketones is 1. The van der Waals surface area contributed by atoms with Gasteiger partial charge >= 0.3 is 6.09 Å². The lowest BCUT2D eigenvalue weighted by molar-refractivity contribution is 0.0822. The van der Waals surface area contributed by atoms with E-state index < -0.39 is 30.7 Å². The van der Waals surface area contributed by atoms with Gasteiger partial charge in [-0.15, -0.1) is 0 Å². The van der Waals surface area contributed by atoms with Crippen molar-refractivity contribution < 1.29 is 37.0 Å². The highest BCUT2D eigenvalue weighted by atomic mass is 19.3. The van der Waals surface area contributed by atoms with Crippen LogP contribution in [0.2, 0.25) is 0 Å². The van der Waals surface area contributed by atoms with Gasteiger partial charge in [-0.25, -0.2) is 22.6 Å². The van der Waals surface area contributed by atoms with Gasteiger partial charge in [0.25, 0.3) is 6.43 Å². The van der Waals surface area contributed by atoms with Crippen molar-refractivity contribution in [1.82, 2.24) is 14.8 Å². The van der Waals surface area contributed by atoms with Crippen LogP contribution in [0.5, 0.6) is 17.2 Å². The molecule has 0 atom stereocenters. The summed E-state index contributed by atoms with van der Waals surface area (Å²) < 4.78 is 57.2. The smallest absolute Gasteiger partial charge is 0.414 e. The number of nitrogens with two attached hydrogens (primary N) is 1. The Kier molecular flexibility index (Phi) is 7.14. The van der Waals surface area contributed by atoms with Gasteiger partial charge in [-0.05, 0) is 61.0 Å². The second-order valence-electron chi connectivity index (χ2n) is 9.72. The van der Waals surface area contributed by atoms with E-state index in [0.717, 1.165) is 0 Å². The number of nitrogens with one attached hydrogen (secondary N) is 1. The number of carbonyl (C=O) groups is 2. The van der Waals surface area contributed by atoms with Gasteiger partial charge < -0.3 is 24.9 Å². The molecule has 2 aromatic heterocycles. The zero-order chi connectivity index (χ0) is 30.2. The fraction of sp³-hybridized carbons (Fsp3) is 0.167. The van der Waals surface area contributed by atoms with Gasteiger partial charge in [-0.3, -0.25) is 9.69 Å². The SMILES string of the molecule is Cc1cc(Oc2ccccc2F)ccc1-n1ncc(C(=O)c2cc3cc(OCC(F)F)c(N4CCOC4=O)cc3[nH]2)c1N. The van der Waals surface area contributed by atoms with Crippen LogP contribution in [0.15, 0.2) is 66.9 Å². The second-order valence-corrected chi connectivity index (χ2v) is 9.72. The zero-order valence-corrected chi connectivity index (χ0v) is 22.6. The molecule has 0 bridgehead atoms. The minimum atomic E-state index is -2.73. The molecular formula is C30H24F3N5O5. The van der Waals surface area contributed by atoms with Gasteiger partial charge in [-0.2, -0.15) is 5.10 Å². The number of hydrogen-bond donors (Lipinski definition) is 2. The summed E-state index contributed by atoms with van der Waals surface area (Å²) in [6.45, 7) is 1.28. The van der Waals surface area contributed by atoms with Crippen molar-refractivity contribution in [1.29, 1.82) is 0 Å². The molecular weight excluding hydrogens is 567 g/mol. The summed E-state index contributed by atoms with van der Waals surface area (Å²) >= 11 is 0. The van der Waals surface area contributed by atoms with Crippen LogP contribution in [-0.2, 0) is 4.74 Å². The predicted octanol–water partition coefficient (Wildman–Crippen LogP) is 6.01. The Morgan fingerprint density at radius 1 is 1.12 bits per heavy atom. The molecule has 43 heavy (non-hydrogen) atoms. The minimum absolute atomic E-state index is 0.0508. The Morgan fingerprint density at radius 3 is 2.65 bits per heavy atom. The molecule has 0 spiro atoms. The average molecular weight is 592 g/mol. The standard InChI is InChI=1S/C30H24F3N5O5/c1-16-10-18(43-25-5-3-2-4-20(25)31)6-7-23(16)38-29(34)19(14-35-38)28(39)22-11-17-12-26(42-15-27(32)33)24(13-21(17)36-22)37-8-9-41-30(37)40/h2-7,10-14,27,36H,8-9,15,34H2,1H3. The van der Waals surface area contributed by atoms with E-state index in [9.17, 15) is 22.8 Å². The average Bonchev–Trinajstić information content (AvgIpc) is 3.70. The second kappa shape index (κ2) is 11.1. The number of amides is 1. The molecule has 1 saturated heterocycles. The van der Waals surface area contributed by atoms with Crippen LogP contribution in [0.25, 0.3) is 16.6 Å². The number of H-pyrrole nitrogens is 1. The molecule has 6 rings (SSSR count). The number of hydrogen-bond acceptors (Lipinski definition) is 7. The molecule has 1 fully saturated rings. The number of halogens is 3. The van der Waals surface area contributed by atoms with Crippen molar-refractivity contribution in [2.75, 3.05) is 30.4 Å². The number of aromatic amines is 1. The lowest BCUT2D eigenvalue weighted by Crippen LogP contribution is -2.24. The molecule has 5 aromatic rings. The summed E-state index contributed by atoms with van der Waals surface area (Å²) in [5, 5.41) is 4.81. The first-order valence-electron chi connectivity index (χ1n) is 13.1. The Morgan fingerprint density at radius 2 is 1.93 bits per heavy atom. The number of para-hydroxylation sites is 1. The number of benzene rings is 3. The molecule has 3 N–H and O–H groups in total. The molecule has 1 aliphatic rings. The van der Waals surface area contributed by atoms with Crippen LogP contribution < -0.4 is 20.1 Å². The minimum Gasteiger partial charge on any atom is -0.485 e.